The number of hydrogen-bond donors (Lipinski definition) is 1. The van der Waals surface area contributed by atoms with Gasteiger partial charge in [-0.1, -0.05) is 12.1 Å². The molecule has 2 heterocycles. The molecule has 1 aromatic heterocycles. The van der Waals surface area contributed by atoms with Crippen molar-refractivity contribution in [2.75, 3.05) is 13.2 Å². The number of halogens is 3. The fourth-order valence-electron chi connectivity index (χ4n) is 4.08. The molecular weight excluding hydrogens is 435 g/mol. The molecule has 0 spiro atoms. The summed E-state index contributed by atoms with van der Waals surface area (Å²) in [4.78, 5) is 13.1. The summed E-state index contributed by atoms with van der Waals surface area (Å²) in [7, 11) is 0. The molecule has 1 amide bonds. The van der Waals surface area contributed by atoms with E-state index in [9.17, 15) is 18.0 Å². The molecule has 1 saturated carbocycles. The first kappa shape index (κ1) is 21.4. The predicted molar refractivity (Wildman–Crippen MR) is 114 cm³/mol. The van der Waals surface area contributed by atoms with E-state index in [-0.39, 0.29) is 17.6 Å². The average molecular weight is 457 g/mol. The zero-order chi connectivity index (χ0) is 23.2. The quantitative estimate of drug-likeness (QED) is 0.595. The highest BCUT2D eigenvalue weighted by atomic mass is 19.4. The van der Waals surface area contributed by atoms with Crippen LogP contribution >= 0.6 is 0 Å². The third kappa shape index (κ3) is 4.27. The first-order chi connectivity index (χ1) is 15.8. The van der Waals surface area contributed by atoms with Crippen LogP contribution in [-0.4, -0.2) is 28.9 Å². The second-order valence-corrected chi connectivity index (χ2v) is 8.30. The third-order valence-corrected chi connectivity index (χ3v) is 5.98. The van der Waals surface area contributed by atoms with E-state index < -0.39 is 11.7 Å². The average Bonchev–Trinajstić information content (AvgIpc) is 3.57. The number of alkyl halides is 3. The van der Waals surface area contributed by atoms with Gasteiger partial charge in [0.2, 0.25) is 0 Å². The summed E-state index contributed by atoms with van der Waals surface area (Å²) in [6.45, 7) is 2.65. The van der Waals surface area contributed by atoms with Crippen molar-refractivity contribution in [2.24, 2.45) is 5.92 Å². The van der Waals surface area contributed by atoms with Gasteiger partial charge in [0.05, 0.1) is 34.7 Å². The van der Waals surface area contributed by atoms with Crippen molar-refractivity contribution in [2.45, 2.75) is 32.0 Å². The lowest BCUT2D eigenvalue weighted by Crippen LogP contribution is -2.30. The smallest absolute Gasteiger partial charge is 0.416 e. The van der Waals surface area contributed by atoms with Crippen LogP contribution in [0.3, 0.4) is 0 Å². The molecule has 1 aliphatic heterocycles. The highest BCUT2D eigenvalue weighted by molar-refractivity contribution is 5.95. The highest BCUT2D eigenvalue weighted by Gasteiger charge is 2.35. The Morgan fingerprint density at radius 2 is 1.88 bits per heavy atom. The van der Waals surface area contributed by atoms with E-state index in [0.717, 1.165) is 30.5 Å². The number of amides is 1. The number of aromatic nitrogens is 2. The largest absolute Gasteiger partial charge is 0.486 e. The van der Waals surface area contributed by atoms with Crippen LogP contribution < -0.4 is 14.8 Å². The molecular formula is C24H22F3N3O3. The van der Waals surface area contributed by atoms with Gasteiger partial charge in [-0.2, -0.15) is 18.3 Å². The minimum atomic E-state index is -4.46. The Bertz CT molecular complexity index is 1200. The maximum Gasteiger partial charge on any atom is 0.416 e. The van der Waals surface area contributed by atoms with Gasteiger partial charge in [-0.25, -0.2) is 4.68 Å². The van der Waals surface area contributed by atoms with E-state index in [4.69, 9.17) is 9.47 Å². The van der Waals surface area contributed by atoms with Crippen molar-refractivity contribution in [1.29, 1.82) is 0 Å². The molecule has 1 atom stereocenters. The van der Waals surface area contributed by atoms with Crippen LogP contribution in [-0.2, 0) is 6.18 Å². The molecule has 1 N–H and O–H groups in total. The van der Waals surface area contributed by atoms with Crippen LogP contribution in [0.25, 0.3) is 5.69 Å². The molecule has 3 aromatic rings. The summed E-state index contributed by atoms with van der Waals surface area (Å²) in [5.41, 5.74) is 1.18. The number of benzene rings is 2. The Morgan fingerprint density at radius 3 is 2.61 bits per heavy atom. The van der Waals surface area contributed by atoms with Gasteiger partial charge in [0.1, 0.15) is 13.2 Å². The van der Waals surface area contributed by atoms with E-state index in [1.807, 2.05) is 18.2 Å². The topological polar surface area (TPSA) is 65.4 Å². The third-order valence-electron chi connectivity index (χ3n) is 5.98. The minimum absolute atomic E-state index is 0.204. The summed E-state index contributed by atoms with van der Waals surface area (Å²) in [5, 5.41) is 7.27. The SMILES string of the molecule is Cc1c(C(=O)NC(c2ccc3c(c2)OCCO3)C2CC2)cnn1-c1cccc(C(F)(F)F)c1. The molecule has 0 saturated heterocycles. The number of nitrogens with zero attached hydrogens (tertiary/aromatic N) is 2. The van der Waals surface area contributed by atoms with E-state index in [1.54, 1.807) is 6.92 Å². The monoisotopic (exact) mass is 457 g/mol. The highest BCUT2D eigenvalue weighted by Crippen LogP contribution is 2.43. The van der Waals surface area contributed by atoms with Gasteiger partial charge in [0.15, 0.2) is 11.5 Å². The molecule has 0 bridgehead atoms. The standard InChI is InChI=1S/C24H22F3N3O3/c1-14-19(13-28-30(14)18-4-2-3-17(12-18)24(25,26)27)23(31)29-22(15-5-6-15)16-7-8-20-21(11-16)33-10-9-32-20/h2-4,7-8,11-13,15,22H,5-6,9-10H2,1H3,(H,29,31). The van der Waals surface area contributed by atoms with Crippen LogP contribution in [0.5, 0.6) is 11.5 Å². The van der Waals surface area contributed by atoms with Crippen LogP contribution in [0.4, 0.5) is 13.2 Å². The number of carbonyl (C=O) groups excluding carboxylic acids is 1. The van der Waals surface area contributed by atoms with Gasteiger partial charge in [-0.3, -0.25) is 4.79 Å². The van der Waals surface area contributed by atoms with Crippen molar-refractivity contribution in [1.82, 2.24) is 15.1 Å². The van der Waals surface area contributed by atoms with Crippen LogP contribution in [0.1, 0.15) is 46.1 Å². The Labute approximate surface area is 188 Å². The Morgan fingerprint density at radius 1 is 1.12 bits per heavy atom. The van der Waals surface area contributed by atoms with Crippen molar-refractivity contribution < 1.29 is 27.4 Å². The summed E-state index contributed by atoms with van der Waals surface area (Å²) < 4.78 is 51.9. The molecule has 5 rings (SSSR count). The number of nitrogens with one attached hydrogen (secondary N) is 1. The van der Waals surface area contributed by atoms with Crippen LogP contribution in [0.2, 0.25) is 0 Å². The number of fused-ring (bicyclic) bond motifs is 1. The maximum absolute atomic E-state index is 13.1. The molecule has 2 aliphatic rings. The minimum Gasteiger partial charge on any atom is -0.486 e. The maximum atomic E-state index is 13.1. The Balaban J connectivity index is 1.39. The lowest BCUT2D eigenvalue weighted by Gasteiger charge is -2.23. The summed E-state index contributed by atoms with van der Waals surface area (Å²) in [6, 6.07) is 10.3. The molecule has 33 heavy (non-hydrogen) atoms. The van der Waals surface area contributed by atoms with Gasteiger partial charge < -0.3 is 14.8 Å². The van der Waals surface area contributed by atoms with Crippen LogP contribution in [0.15, 0.2) is 48.7 Å². The first-order valence-corrected chi connectivity index (χ1v) is 10.7. The van der Waals surface area contributed by atoms with Crippen molar-refractivity contribution in [3.05, 3.63) is 71.0 Å². The molecule has 1 fully saturated rings. The van der Waals surface area contributed by atoms with Crippen molar-refractivity contribution in [3.63, 3.8) is 0 Å². The first-order valence-electron chi connectivity index (χ1n) is 10.7. The van der Waals surface area contributed by atoms with E-state index in [2.05, 4.69) is 10.4 Å². The van der Waals surface area contributed by atoms with Gasteiger partial charge >= 0.3 is 6.18 Å². The fraction of sp³-hybridized carbons (Fsp3) is 0.333. The van der Waals surface area contributed by atoms with Gasteiger partial charge in [0, 0.05) is 0 Å². The second kappa shape index (κ2) is 8.13. The zero-order valence-corrected chi connectivity index (χ0v) is 17.9. The van der Waals surface area contributed by atoms with Gasteiger partial charge in [-0.15, -0.1) is 0 Å². The molecule has 1 aliphatic carbocycles. The summed E-state index contributed by atoms with van der Waals surface area (Å²) in [5.74, 6) is 1.34. The predicted octanol–water partition coefficient (Wildman–Crippen LogP) is 4.85. The van der Waals surface area contributed by atoms with E-state index >= 15 is 0 Å². The fourth-order valence-corrected chi connectivity index (χ4v) is 4.08. The molecule has 2 aromatic carbocycles. The second-order valence-electron chi connectivity index (χ2n) is 8.30. The van der Waals surface area contributed by atoms with Crippen LogP contribution in [0, 0.1) is 12.8 Å². The summed E-state index contributed by atoms with van der Waals surface area (Å²) in [6.07, 6.45) is -1.07. The molecule has 172 valence electrons. The number of ether oxygens (including phenoxy) is 2. The van der Waals surface area contributed by atoms with E-state index in [1.165, 1.54) is 23.0 Å². The normalized spacial score (nSPS) is 16.4. The van der Waals surface area contributed by atoms with E-state index in [0.29, 0.717) is 41.9 Å². The Kier molecular flexibility index (Phi) is 5.26. The lowest BCUT2D eigenvalue weighted by atomic mass is 10.0. The van der Waals surface area contributed by atoms with Crippen molar-refractivity contribution in [3.8, 4) is 17.2 Å². The van der Waals surface area contributed by atoms with Gasteiger partial charge in [0.25, 0.3) is 5.91 Å². The number of hydrogen-bond acceptors (Lipinski definition) is 4. The lowest BCUT2D eigenvalue weighted by molar-refractivity contribution is -0.137. The molecule has 0 radical (unpaired) electrons. The van der Waals surface area contributed by atoms with Crippen molar-refractivity contribution >= 4 is 5.91 Å². The molecule has 1 unspecified atom stereocenters. The zero-order valence-electron chi connectivity index (χ0n) is 17.9. The molecule has 6 nitrogen and oxygen atoms in total. The Hall–Kier alpha value is -3.49. The number of rotatable bonds is 5. The van der Waals surface area contributed by atoms with Gasteiger partial charge in [-0.05, 0) is 61.6 Å². The number of carbonyl (C=O) groups is 1. The molecule has 9 heteroatoms. The summed E-state index contributed by atoms with van der Waals surface area (Å²) >= 11 is 0.